The molecule has 2 aliphatic heterocycles. The van der Waals surface area contributed by atoms with E-state index < -0.39 is 17.6 Å². The molecule has 166 valence electrons. The number of nitrogens with zero attached hydrogens (tertiary/aromatic N) is 2. The number of hydrogen-bond donors (Lipinski definition) is 1. The third-order valence-electron chi connectivity index (χ3n) is 5.09. The van der Waals surface area contributed by atoms with Crippen molar-refractivity contribution < 1.29 is 22.8 Å². The largest absolute Gasteiger partial charge is 0.416 e. The molecule has 2 saturated heterocycles. The van der Waals surface area contributed by atoms with Gasteiger partial charge in [0.05, 0.1) is 16.2 Å². The standard InChI is InChI=1S/C22H18F3N3O2S2/c23-22(24,25)16-2-1-3-17(13-16)28-20(30)18(32-21(28)31)12-14-4-6-15(7-5-14)19(29)27-10-8-26-9-11-27/h1-7,12-13,26H,8-11H2/b18-12-. The highest BCUT2D eigenvalue weighted by atomic mass is 32.2. The van der Waals surface area contributed by atoms with Crippen LogP contribution in [0.1, 0.15) is 21.5 Å². The second kappa shape index (κ2) is 9.05. The minimum absolute atomic E-state index is 0.0473. The van der Waals surface area contributed by atoms with E-state index in [-0.39, 0.29) is 15.9 Å². The molecule has 2 aliphatic rings. The van der Waals surface area contributed by atoms with Crippen molar-refractivity contribution in [1.29, 1.82) is 0 Å². The maximum atomic E-state index is 13.0. The van der Waals surface area contributed by atoms with Crippen LogP contribution < -0.4 is 10.2 Å². The van der Waals surface area contributed by atoms with E-state index in [1.165, 1.54) is 12.1 Å². The fourth-order valence-corrected chi connectivity index (χ4v) is 4.73. The Hall–Kier alpha value is -2.69. The molecule has 0 aromatic heterocycles. The van der Waals surface area contributed by atoms with Gasteiger partial charge in [-0.15, -0.1) is 0 Å². The van der Waals surface area contributed by atoms with Crippen molar-refractivity contribution in [3.8, 4) is 0 Å². The van der Waals surface area contributed by atoms with Gasteiger partial charge in [0.15, 0.2) is 4.32 Å². The van der Waals surface area contributed by atoms with Crippen molar-refractivity contribution in [2.75, 3.05) is 31.1 Å². The summed E-state index contributed by atoms with van der Waals surface area (Å²) in [5, 5.41) is 3.20. The number of piperazine rings is 1. The number of anilines is 1. The van der Waals surface area contributed by atoms with Crippen molar-refractivity contribution in [2.24, 2.45) is 0 Å². The number of halogens is 3. The van der Waals surface area contributed by atoms with Crippen LogP contribution in [0.4, 0.5) is 18.9 Å². The van der Waals surface area contributed by atoms with Gasteiger partial charge < -0.3 is 10.2 Å². The zero-order valence-electron chi connectivity index (χ0n) is 16.7. The molecule has 0 bridgehead atoms. The third kappa shape index (κ3) is 4.72. The molecule has 2 amide bonds. The van der Waals surface area contributed by atoms with Crippen molar-refractivity contribution >= 4 is 51.9 Å². The summed E-state index contributed by atoms with van der Waals surface area (Å²) in [6.07, 6.45) is -2.90. The summed E-state index contributed by atoms with van der Waals surface area (Å²) >= 11 is 6.27. The first-order valence-corrected chi connectivity index (χ1v) is 11.0. The molecule has 5 nitrogen and oxygen atoms in total. The molecule has 2 aromatic rings. The maximum Gasteiger partial charge on any atom is 0.416 e. The van der Waals surface area contributed by atoms with Gasteiger partial charge in [0.1, 0.15) is 0 Å². The lowest BCUT2D eigenvalue weighted by Gasteiger charge is -2.27. The molecule has 2 fully saturated rings. The minimum Gasteiger partial charge on any atom is -0.336 e. The lowest BCUT2D eigenvalue weighted by atomic mass is 10.1. The van der Waals surface area contributed by atoms with E-state index in [0.29, 0.717) is 29.1 Å². The summed E-state index contributed by atoms with van der Waals surface area (Å²) in [6, 6.07) is 11.4. The van der Waals surface area contributed by atoms with Crippen LogP contribution in [-0.4, -0.2) is 47.2 Å². The molecule has 0 saturated carbocycles. The molecule has 0 aliphatic carbocycles. The Bertz CT molecular complexity index is 1090. The van der Waals surface area contributed by atoms with Gasteiger partial charge in [0.2, 0.25) is 0 Å². The highest BCUT2D eigenvalue weighted by molar-refractivity contribution is 8.27. The molecule has 4 rings (SSSR count). The van der Waals surface area contributed by atoms with E-state index in [1.807, 2.05) is 0 Å². The highest BCUT2D eigenvalue weighted by Gasteiger charge is 2.36. The van der Waals surface area contributed by atoms with Crippen LogP contribution in [0.25, 0.3) is 6.08 Å². The lowest BCUT2D eigenvalue weighted by Crippen LogP contribution is -2.46. The van der Waals surface area contributed by atoms with Crippen LogP contribution in [0.5, 0.6) is 0 Å². The van der Waals surface area contributed by atoms with E-state index >= 15 is 0 Å². The monoisotopic (exact) mass is 477 g/mol. The first-order valence-electron chi connectivity index (χ1n) is 9.79. The fraction of sp³-hybridized carbons (Fsp3) is 0.227. The number of hydrogen-bond acceptors (Lipinski definition) is 5. The van der Waals surface area contributed by atoms with Crippen molar-refractivity contribution in [1.82, 2.24) is 10.2 Å². The van der Waals surface area contributed by atoms with Gasteiger partial charge in [-0.3, -0.25) is 14.5 Å². The van der Waals surface area contributed by atoms with Crippen LogP contribution in [0.3, 0.4) is 0 Å². The summed E-state index contributed by atoms with van der Waals surface area (Å²) in [5.41, 5.74) is 0.465. The van der Waals surface area contributed by atoms with Crippen LogP contribution in [0, 0.1) is 0 Å². The summed E-state index contributed by atoms with van der Waals surface area (Å²) in [7, 11) is 0. The second-order valence-electron chi connectivity index (χ2n) is 7.23. The van der Waals surface area contributed by atoms with Crippen molar-refractivity contribution in [3.63, 3.8) is 0 Å². The smallest absolute Gasteiger partial charge is 0.336 e. The van der Waals surface area contributed by atoms with E-state index in [1.54, 1.807) is 35.2 Å². The molecular formula is C22H18F3N3O2S2. The molecule has 10 heteroatoms. The Morgan fingerprint density at radius 2 is 1.78 bits per heavy atom. The summed E-state index contributed by atoms with van der Waals surface area (Å²) < 4.78 is 39.3. The molecule has 32 heavy (non-hydrogen) atoms. The predicted octanol–water partition coefficient (Wildman–Crippen LogP) is 4.16. The van der Waals surface area contributed by atoms with E-state index in [4.69, 9.17) is 12.2 Å². The Kier molecular flexibility index (Phi) is 6.36. The molecular weight excluding hydrogens is 459 g/mol. The number of thioether (sulfide) groups is 1. The van der Waals surface area contributed by atoms with Crippen LogP contribution >= 0.6 is 24.0 Å². The van der Waals surface area contributed by atoms with Crippen LogP contribution in [0.15, 0.2) is 53.4 Å². The SMILES string of the molecule is O=C(c1ccc(/C=C2\SC(=S)N(c3cccc(C(F)(F)F)c3)C2=O)cc1)N1CCNCC1. The first kappa shape index (κ1) is 22.5. The first-order chi connectivity index (χ1) is 15.2. The van der Waals surface area contributed by atoms with E-state index in [9.17, 15) is 22.8 Å². The van der Waals surface area contributed by atoms with Crippen molar-refractivity contribution in [2.45, 2.75) is 6.18 Å². The zero-order chi connectivity index (χ0) is 22.9. The average molecular weight is 478 g/mol. The number of rotatable bonds is 3. The molecule has 2 aromatic carbocycles. The van der Waals surface area contributed by atoms with Gasteiger partial charge in [0.25, 0.3) is 11.8 Å². The van der Waals surface area contributed by atoms with Crippen LogP contribution in [-0.2, 0) is 11.0 Å². The normalized spacial score (nSPS) is 18.5. The summed E-state index contributed by atoms with van der Waals surface area (Å²) in [5.74, 6) is -0.533. The van der Waals surface area contributed by atoms with Gasteiger partial charge in [-0.25, -0.2) is 0 Å². The number of benzene rings is 2. The molecule has 0 atom stereocenters. The Morgan fingerprint density at radius 1 is 1.09 bits per heavy atom. The molecule has 2 heterocycles. The summed E-state index contributed by atoms with van der Waals surface area (Å²) in [6.45, 7) is 2.83. The van der Waals surface area contributed by atoms with E-state index in [2.05, 4.69) is 5.32 Å². The topological polar surface area (TPSA) is 52.7 Å². The third-order valence-corrected chi connectivity index (χ3v) is 6.39. The number of carbonyl (C=O) groups excluding carboxylic acids is 2. The van der Waals surface area contributed by atoms with Crippen LogP contribution in [0.2, 0.25) is 0 Å². The number of carbonyl (C=O) groups is 2. The number of amides is 2. The predicted molar refractivity (Wildman–Crippen MR) is 122 cm³/mol. The average Bonchev–Trinajstić information content (AvgIpc) is 3.06. The molecule has 0 radical (unpaired) electrons. The second-order valence-corrected chi connectivity index (χ2v) is 8.91. The minimum atomic E-state index is -4.52. The lowest BCUT2D eigenvalue weighted by molar-refractivity contribution is -0.137. The van der Waals surface area contributed by atoms with Gasteiger partial charge in [-0.05, 0) is 42.0 Å². The highest BCUT2D eigenvalue weighted by Crippen LogP contribution is 2.38. The Morgan fingerprint density at radius 3 is 2.44 bits per heavy atom. The maximum absolute atomic E-state index is 13.0. The number of alkyl halides is 3. The molecule has 0 unspecified atom stereocenters. The number of nitrogens with one attached hydrogen (secondary N) is 1. The Balaban J connectivity index is 1.52. The van der Waals surface area contributed by atoms with Gasteiger partial charge in [-0.2, -0.15) is 13.2 Å². The fourth-order valence-electron chi connectivity index (χ4n) is 3.44. The number of thiocarbonyl (C=S) groups is 1. The quantitative estimate of drug-likeness (QED) is 0.532. The van der Waals surface area contributed by atoms with Gasteiger partial charge in [-0.1, -0.05) is 42.2 Å². The zero-order valence-corrected chi connectivity index (χ0v) is 18.3. The van der Waals surface area contributed by atoms with Crippen molar-refractivity contribution in [3.05, 3.63) is 70.1 Å². The van der Waals surface area contributed by atoms with E-state index in [0.717, 1.165) is 41.9 Å². The Labute approximate surface area is 192 Å². The van der Waals surface area contributed by atoms with Gasteiger partial charge in [0, 0.05) is 31.7 Å². The molecule has 0 spiro atoms. The molecule has 1 N–H and O–H groups in total. The summed E-state index contributed by atoms with van der Waals surface area (Å²) in [4.78, 5) is 28.6. The van der Waals surface area contributed by atoms with Gasteiger partial charge >= 0.3 is 6.18 Å².